The zero-order valence-electron chi connectivity index (χ0n) is 11.2. The van der Waals surface area contributed by atoms with Gasteiger partial charge < -0.3 is 4.74 Å². The highest BCUT2D eigenvalue weighted by atomic mass is 79.9. The fraction of sp³-hybridized carbons (Fsp3) is 0.312. The van der Waals surface area contributed by atoms with E-state index in [9.17, 15) is 4.79 Å². The molecule has 0 atom stereocenters. The maximum Gasteiger partial charge on any atom is 0.162 e. The van der Waals surface area contributed by atoms with E-state index in [0.717, 1.165) is 29.5 Å². The summed E-state index contributed by atoms with van der Waals surface area (Å²) < 4.78 is 6.55. The number of ketones is 1. The topological polar surface area (TPSA) is 26.3 Å². The summed E-state index contributed by atoms with van der Waals surface area (Å²) >= 11 is 5.11. The molecule has 0 amide bonds. The third-order valence-electron chi connectivity index (χ3n) is 2.93. The van der Waals surface area contributed by atoms with E-state index in [0.29, 0.717) is 13.0 Å². The van der Waals surface area contributed by atoms with Crippen molar-refractivity contribution in [2.24, 2.45) is 0 Å². The highest BCUT2D eigenvalue weighted by molar-refractivity contribution is 9.10. The molecular formula is C16H17BrO2S. The second-order valence-electron chi connectivity index (χ2n) is 4.48. The highest BCUT2D eigenvalue weighted by Crippen LogP contribution is 2.13. The van der Waals surface area contributed by atoms with Gasteiger partial charge in [-0.1, -0.05) is 34.1 Å². The van der Waals surface area contributed by atoms with Gasteiger partial charge in [0.05, 0.1) is 6.61 Å². The van der Waals surface area contributed by atoms with Crippen molar-refractivity contribution in [2.75, 3.05) is 13.2 Å². The molecule has 0 saturated carbocycles. The van der Waals surface area contributed by atoms with E-state index in [-0.39, 0.29) is 5.78 Å². The summed E-state index contributed by atoms with van der Waals surface area (Å²) in [6.07, 6.45) is 2.28. The molecule has 0 unspecified atom stereocenters. The molecule has 1 aromatic heterocycles. The van der Waals surface area contributed by atoms with Gasteiger partial charge in [-0.2, -0.15) is 0 Å². The van der Waals surface area contributed by atoms with Crippen LogP contribution in [0.25, 0.3) is 0 Å². The maximum absolute atomic E-state index is 11.9. The van der Waals surface area contributed by atoms with Gasteiger partial charge in [0, 0.05) is 34.4 Å². The number of Topliss-reactive ketones (excluding diaryl/α,β-unsaturated/α-hetero) is 1. The summed E-state index contributed by atoms with van der Waals surface area (Å²) in [7, 11) is 0. The maximum atomic E-state index is 11.9. The summed E-state index contributed by atoms with van der Waals surface area (Å²) in [5.74, 6) is 0.180. The molecule has 4 heteroatoms. The van der Waals surface area contributed by atoms with Crippen LogP contribution < -0.4 is 0 Å². The second-order valence-corrected chi connectivity index (χ2v) is 6.42. The molecule has 0 radical (unpaired) electrons. The Labute approximate surface area is 131 Å². The number of benzene rings is 1. The Morgan fingerprint density at radius 1 is 1.15 bits per heavy atom. The Kier molecular flexibility index (Phi) is 6.43. The minimum atomic E-state index is 0.180. The van der Waals surface area contributed by atoms with Crippen molar-refractivity contribution < 1.29 is 9.53 Å². The molecule has 0 aliphatic carbocycles. The molecule has 0 bridgehead atoms. The van der Waals surface area contributed by atoms with Gasteiger partial charge in [-0.25, -0.2) is 0 Å². The van der Waals surface area contributed by atoms with E-state index in [1.54, 1.807) is 11.3 Å². The van der Waals surface area contributed by atoms with Crippen molar-refractivity contribution in [3.63, 3.8) is 0 Å². The fourth-order valence-electron chi connectivity index (χ4n) is 1.84. The summed E-state index contributed by atoms with van der Waals surface area (Å²) in [5, 5.41) is 2.08. The van der Waals surface area contributed by atoms with Crippen LogP contribution in [0, 0.1) is 0 Å². The zero-order valence-corrected chi connectivity index (χ0v) is 13.6. The average Bonchev–Trinajstić information content (AvgIpc) is 2.96. The van der Waals surface area contributed by atoms with E-state index in [1.807, 2.05) is 24.3 Å². The van der Waals surface area contributed by atoms with Crippen molar-refractivity contribution in [3.8, 4) is 0 Å². The van der Waals surface area contributed by atoms with Gasteiger partial charge in [-0.15, -0.1) is 11.3 Å². The number of halogens is 1. The highest BCUT2D eigenvalue weighted by Gasteiger charge is 2.05. The van der Waals surface area contributed by atoms with Crippen LogP contribution in [0.5, 0.6) is 0 Å². The molecule has 0 fully saturated rings. The molecule has 1 aromatic carbocycles. The van der Waals surface area contributed by atoms with Crippen molar-refractivity contribution in [3.05, 3.63) is 56.7 Å². The molecule has 1 heterocycles. The quantitative estimate of drug-likeness (QED) is 0.506. The van der Waals surface area contributed by atoms with Gasteiger partial charge in [0.2, 0.25) is 0 Å². The van der Waals surface area contributed by atoms with Crippen molar-refractivity contribution in [1.29, 1.82) is 0 Å². The third kappa shape index (κ3) is 5.19. The molecule has 2 aromatic rings. The zero-order chi connectivity index (χ0) is 14.2. The van der Waals surface area contributed by atoms with Gasteiger partial charge in [0.1, 0.15) is 0 Å². The van der Waals surface area contributed by atoms with E-state index >= 15 is 0 Å². The standard InChI is InChI=1S/C16H17BrO2S/c17-14-7-5-13(6-8-14)16(18)4-1-10-19-11-9-15-3-2-12-20-15/h2-3,5-8,12H,1,4,9-11H2. The number of hydrogen-bond acceptors (Lipinski definition) is 3. The number of thiophene rings is 1. The predicted molar refractivity (Wildman–Crippen MR) is 86.5 cm³/mol. The Morgan fingerprint density at radius 3 is 2.65 bits per heavy atom. The largest absolute Gasteiger partial charge is 0.381 e. The predicted octanol–water partition coefficient (Wildman–Crippen LogP) is 4.73. The lowest BCUT2D eigenvalue weighted by atomic mass is 10.1. The number of carbonyl (C=O) groups excluding carboxylic acids is 1. The minimum Gasteiger partial charge on any atom is -0.381 e. The van der Waals surface area contributed by atoms with Gasteiger partial charge in [-0.3, -0.25) is 4.79 Å². The third-order valence-corrected chi connectivity index (χ3v) is 4.40. The lowest BCUT2D eigenvalue weighted by Gasteiger charge is -2.03. The van der Waals surface area contributed by atoms with Crippen LogP contribution in [0.4, 0.5) is 0 Å². The molecule has 20 heavy (non-hydrogen) atoms. The minimum absolute atomic E-state index is 0.180. The first-order chi connectivity index (χ1) is 9.75. The number of rotatable bonds is 8. The lowest BCUT2D eigenvalue weighted by molar-refractivity contribution is 0.0940. The van der Waals surface area contributed by atoms with E-state index < -0.39 is 0 Å². The van der Waals surface area contributed by atoms with Gasteiger partial charge in [0.15, 0.2) is 5.78 Å². The first-order valence-corrected chi connectivity index (χ1v) is 8.32. The average molecular weight is 353 g/mol. The Morgan fingerprint density at radius 2 is 1.95 bits per heavy atom. The van der Waals surface area contributed by atoms with Gasteiger partial charge >= 0.3 is 0 Å². The first-order valence-electron chi connectivity index (χ1n) is 6.64. The fourth-order valence-corrected chi connectivity index (χ4v) is 2.80. The van der Waals surface area contributed by atoms with Gasteiger partial charge in [0.25, 0.3) is 0 Å². The molecule has 0 aliphatic heterocycles. The van der Waals surface area contributed by atoms with Crippen LogP contribution >= 0.6 is 27.3 Å². The van der Waals surface area contributed by atoms with Crippen molar-refractivity contribution in [2.45, 2.75) is 19.3 Å². The molecule has 0 spiro atoms. The SMILES string of the molecule is O=C(CCCOCCc1cccs1)c1ccc(Br)cc1. The summed E-state index contributed by atoms with van der Waals surface area (Å²) in [4.78, 5) is 13.2. The molecule has 0 saturated heterocycles. The van der Waals surface area contributed by atoms with Crippen LogP contribution in [0.1, 0.15) is 28.1 Å². The monoisotopic (exact) mass is 352 g/mol. The van der Waals surface area contributed by atoms with E-state index in [1.165, 1.54) is 4.88 Å². The molecule has 0 aliphatic rings. The van der Waals surface area contributed by atoms with E-state index in [4.69, 9.17) is 4.74 Å². The Hall–Kier alpha value is -0.970. The van der Waals surface area contributed by atoms with E-state index in [2.05, 4.69) is 33.4 Å². The normalized spacial score (nSPS) is 10.7. The molecule has 2 nitrogen and oxygen atoms in total. The summed E-state index contributed by atoms with van der Waals surface area (Å²) in [6.45, 7) is 1.38. The first kappa shape index (κ1) is 15.4. The molecular weight excluding hydrogens is 336 g/mol. The second kappa shape index (κ2) is 8.35. The summed E-state index contributed by atoms with van der Waals surface area (Å²) in [5.41, 5.74) is 0.770. The molecule has 0 N–H and O–H groups in total. The van der Waals surface area contributed by atoms with Crippen LogP contribution in [0.2, 0.25) is 0 Å². The molecule has 2 rings (SSSR count). The van der Waals surface area contributed by atoms with Crippen LogP contribution in [-0.4, -0.2) is 19.0 Å². The Balaban J connectivity index is 1.58. The van der Waals surface area contributed by atoms with Crippen LogP contribution in [0.3, 0.4) is 0 Å². The van der Waals surface area contributed by atoms with Crippen molar-refractivity contribution >= 4 is 33.0 Å². The van der Waals surface area contributed by atoms with Gasteiger partial charge in [-0.05, 0) is 30.0 Å². The summed E-state index contributed by atoms with van der Waals surface area (Å²) in [6, 6.07) is 11.7. The lowest BCUT2D eigenvalue weighted by Crippen LogP contribution is -2.04. The van der Waals surface area contributed by atoms with Crippen LogP contribution in [-0.2, 0) is 11.2 Å². The number of ether oxygens (including phenoxy) is 1. The number of hydrogen-bond donors (Lipinski definition) is 0. The number of carbonyl (C=O) groups is 1. The van der Waals surface area contributed by atoms with Crippen molar-refractivity contribution in [1.82, 2.24) is 0 Å². The molecule has 106 valence electrons. The smallest absolute Gasteiger partial charge is 0.162 e. The van der Waals surface area contributed by atoms with Crippen LogP contribution in [0.15, 0.2) is 46.3 Å². The Bertz CT molecular complexity index is 520.